The van der Waals surface area contributed by atoms with Crippen LogP contribution in [0.1, 0.15) is 5.56 Å². The minimum atomic E-state index is -4.83. The molecular weight excluding hydrogens is 254 g/mol. The van der Waals surface area contributed by atoms with Gasteiger partial charge in [0, 0.05) is 12.5 Å². The molecule has 1 aliphatic rings. The van der Waals surface area contributed by atoms with Crippen LogP contribution < -0.4 is 4.74 Å². The number of Topliss-reactive ketones (excluding diaryl/α,β-unsaturated/α-hetero) is 1. The van der Waals surface area contributed by atoms with E-state index in [-0.39, 0.29) is 17.0 Å². The lowest BCUT2D eigenvalue weighted by atomic mass is 9.99. The van der Waals surface area contributed by atoms with Gasteiger partial charge in [-0.05, 0) is 11.6 Å². The number of rotatable bonds is 1. The first kappa shape index (κ1) is 12.5. The second-order valence-corrected chi connectivity index (χ2v) is 3.67. The van der Waals surface area contributed by atoms with Gasteiger partial charge in [0.1, 0.15) is 0 Å². The van der Waals surface area contributed by atoms with E-state index in [0.29, 0.717) is 0 Å². The molecule has 0 fully saturated rings. The number of ketones is 1. The van der Waals surface area contributed by atoms with Crippen LogP contribution in [0.25, 0.3) is 0 Å². The number of halogens is 4. The van der Waals surface area contributed by atoms with Crippen molar-refractivity contribution >= 4 is 17.2 Å². The smallest absolute Gasteiger partial charge is 0.436 e. The molecule has 0 atom stereocenters. The predicted molar refractivity (Wildman–Crippen MR) is 54.8 cm³/mol. The van der Waals surface area contributed by atoms with Crippen molar-refractivity contribution in [3.8, 4) is 5.75 Å². The molecule has 7 heteroatoms. The van der Waals surface area contributed by atoms with Crippen molar-refractivity contribution in [2.24, 2.45) is 4.99 Å². The maximum Gasteiger partial charge on any atom is 0.436 e. The SMILES string of the molecule is COc1cc2c(cc1F)N=C(C(F)(F)F)C(=O)C2. The van der Waals surface area contributed by atoms with E-state index >= 15 is 0 Å². The van der Waals surface area contributed by atoms with Gasteiger partial charge in [-0.25, -0.2) is 9.38 Å². The lowest BCUT2D eigenvalue weighted by Gasteiger charge is -2.17. The van der Waals surface area contributed by atoms with Crippen LogP contribution in [-0.2, 0) is 11.2 Å². The van der Waals surface area contributed by atoms with Crippen molar-refractivity contribution in [3.05, 3.63) is 23.5 Å². The quantitative estimate of drug-likeness (QED) is 0.729. The number of fused-ring (bicyclic) bond motifs is 1. The van der Waals surface area contributed by atoms with E-state index in [4.69, 9.17) is 0 Å². The van der Waals surface area contributed by atoms with Gasteiger partial charge in [0.25, 0.3) is 0 Å². The third kappa shape index (κ3) is 2.07. The van der Waals surface area contributed by atoms with Gasteiger partial charge in [-0.2, -0.15) is 13.2 Å². The standard InChI is InChI=1S/C11H7F4NO2/c1-18-9-3-5-2-8(17)10(11(13,14)15)16-7(5)4-6(9)12/h3-4H,2H2,1H3. The Bertz CT molecular complexity index is 549. The van der Waals surface area contributed by atoms with Crippen molar-refractivity contribution < 1.29 is 27.1 Å². The van der Waals surface area contributed by atoms with Gasteiger partial charge in [-0.3, -0.25) is 4.79 Å². The molecule has 0 saturated carbocycles. The van der Waals surface area contributed by atoms with Crippen LogP contribution in [0.15, 0.2) is 17.1 Å². The number of ether oxygens (including phenoxy) is 1. The highest BCUT2D eigenvalue weighted by atomic mass is 19.4. The molecule has 96 valence electrons. The molecule has 1 heterocycles. The van der Waals surface area contributed by atoms with Gasteiger partial charge in [0.2, 0.25) is 0 Å². The summed E-state index contributed by atoms with van der Waals surface area (Å²) in [5, 5.41) is 0. The van der Waals surface area contributed by atoms with Crippen molar-refractivity contribution in [1.29, 1.82) is 0 Å². The molecule has 1 aliphatic heterocycles. The van der Waals surface area contributed by atoms with E-state index in [1.807, 2.05) is 0 Å². The molecule has 0 saturated heterocycles. The first-order chi connectivity index (χ1) is 8.32. The Labute approximate surface area is 99.1 Å². The van der Waals surface area contributed by atoms with E-state index in [0.717, 1.165) is 6.07 Å². The maximum absolute atomic E-state index is 13.3. The number of methoxy groups -OCH3 is 1. The lowest BCUT2D eigenvalue weighted by molar-refractivity contribution is -0.116. The van der Waals surface area contributed by atoms with Crippen molar-refractivity contribution in [3.63, 3.8) is 0 Å². The van der Waals surface area contributed by atoms with Crippen molar-refractivity contribution in [1.82, 2.24) is 0 Å². The highest BCUT2D eigenvalue weighted by Gasteiger charge is 2.42. The summed E-state index contributed by atoms with van der Waals surface area (Å²) in [6.07, 6.45) is -5.30. The third-order valence-corrected chi connectivity index (χ3v) is 2.47. The summed E-state index contributed by atoms with van der Waals surface area (Å²) >= 11 is 0. The number of carbonyl (C=O) groups excluding carboxylic acids is 1. The average Bonchev–Trinajstić information content (AvgIpc) is 2.26. The molecule has 3 nitrogen and oxygen atoms in total. The summed E-state index contributed by atoms with van der Waals surface area (Å²) in [5.41, 5.74) is -1.48. The summed E-state index contributed by atoms with van der Waals surface area (Å²) < 4.78 is 55.4. The Hall–Kier alpha value is -1.92. The van der Waals surface area contributed by atoms with E-state index in [1.54, 1.807) is 0 Å². The van der Waals surface area contributed by atoms with Gasteiger partial charge >= 0.3 is 6.18 Å². The number of benzene rings is 1. The monoisotopic (exact) mass is 261 g/mol. The fourth-order valence-electron chi connectivity index (χ4n) is 1.65. The predicted octanol–water partition coefficient (Wildman–Crippen LogP) is 2.59. The number of hydrogen-bond donors (Lipinski definition) is 0. The fraction of sp³-hybridized carbons (Fsp3) is 0.273. The van der Waals surface area contributed by atoms with Crippen LogP contribution in [0, 0.1) is 5.82 Å². The number of carbonyl (C=O) groups is 1. The number of alkyl halides is 3. The molecular formula is C11H7F4NO2. The van der Waals surface area contributed by atoms with Crippen LogP contribution in [0.5, 0.6) is 5.75 Å². The zero-order valence-electron chi connectivity index (χ0n) is 9.14. The molecule has 0 N–H and O–H groups in total. The molecule has 2 rings (SSSR count). The molecule has 0 aliphatic carbocycles. The third-order valence-electron chi connectivity index (χ3n) is 2.47. The van der Waals surface area contributed by atoms with Gasteiger partial charge in [0.05, 0.1) is 12.8 Å². The minimum absolute atomic E-state index is 0.132. The van der Waals surface area contributed by atoms with Gasteiger partial charge in [-0.1, -0.05) is 0 Å². The average molecular weight is 261 g/mol. The topological polar surface area (TPSA) is 38.7 Å². The molecule has 0 amide bonds. The van der Waals surface area contributed by atoms with E-state index < -0.39 is 29.9 Å². The van der Waals surface area contributed by atoms with Crippen LogP contribution in [0.2, 0.25) is 0 Å². The Morgan fingerprint density at radius 3 is 2.56 bits per heavy atom. The Morgan fingerprint density at radius 2 is 2.00 bits per heavy atom. The molecule has 1 aromatic rings. The Kier molecular flexibility index (Phi) is 2.84. The first-order valence-corrected chi connectivity index (χ1v) is 4.88. The molecule has 0 aromatic heterocycles. The second-order valence-electron chi connectivity index (χ2n) is 3.67. The van der Waals surface area contributed by atoms with Crippen molar-refractivity contribution in [2.75, 3.05) is 7.11 Å². The van der Waals surface area contributed by atoms with E-state index in [2.05, 4.69) is 9.73 Å². The van der Waals surface area contributed by atoms with Gasteiger partial charge in [0.15, 0.2) is 23.1 Å². The second kappa shape index (κ2) is 4.08. The summed E-state index contributed by atoms with van der Waals surface area (Å²) in [6, 6.07) is 2.01. The summed E-state index contributed by atoms with van der Waals surface area (Å²) in [5.74, 6) is -2.09. The molecule has 0 unspecified atom stereocenters. The highest BCUT2D eigenvalue weighted by molar-refractivity contribution is 6.43. The van der Waals surface area contributed by atoms with E-state index in [1.165, 1.54) is 13.2 Å². The summed E-state index contributed by atoms with van der Waals surface area (Å²) in [6.45, 7) is 0. The van der Waals surface area contributed by atoms with Gasteiger partial charge < -0.3 is 4.74 Å². The van der Waals surface area contributed by atoms with Crippen molar-refractivity contribution in [2.45, 2.75) is 12.6 Å². The van der Waals surface area contributed by atoms with E-state index in [9.17, 15) is 22.4 Å². The number of nitrogens with zero attached hydrogens (tertiary/aromatic N) is 1. The lowest BCUT2D eigenvalue weighted by Crippen LogP contribution is -2.34. The summed E-state index contributed by atoms with van der Waals surface area (Å²) in [7, 11) is 1.22. The maximum atomic E-state index is 13.3. The van der Waals surface area contributed by atoms with Crippen LogP contribution in [-0.4, -0.2) is 24.8 Å². The number of aliphatic imine (C=N–C) groups is 1. The highest BCUT2D eigenvalue weighted by Crippen LogP contribution is 2.34. The normalized spacial score (nSPS) is 15.2. The molecule has 1 aromatic carbocycles. The first-order valence-electron chi connectivity index (χ1n) is 4.88. The Balaban J connectivity index is 2.56. The fourth-order valence-corrected chi connectivity index (χ4v) is 1.65. The molecule has 0 spiro atoms. The zero-order valence-corrected chi connectivity index (χ0v) is 9.14. The summed E-state index contributed by atoms with van der Waals surface area (Å²) in [4.78, 5) is 14.5. The van der Waals surface area contributed by atoms with Crippen LogP contribution >= 0.6 is 0 Å². The number of hydrogen-bond acceptors (Lipinski definition) is 3. The van der Waals surface area contributed by atoms with Gasteiger partial charge in [-0.15, -0.1) is 0 Å². The van der Waals surface area contributed by atoms with Crippen LogP contribution in [0.4, 0.5) is 23.2 Å². The largest absolute Gasteiger partial charge is 0.494 e. The molecule has 18 heavy (non-hydrogen) atoms. The Morgan fingerprint density at radius 1 is 1.33 bits per heavy atom. The zero-order chi connectivity index (χ0) is 13.5. The van der Waals surface area contributed by atoms with Crippen LogP contribution in [0.3, 0.4) is 0 Å². The molecule has 0 bridgehead atoms. The minimum Gasteiger partial charge on any atom is -0.494 e. The molecule has 0 radical (unpaired) electrons.